The molecule has 0 spiro atoms. The number of ether oxygens (including phenoxy) is 3. The maximum atomic E-state index is 9.88. The normalized spacial score (nSPS) is 13.8. The smallest absolute Gasteiger partial charge is 0.147 e. The Morgan fingerprint density at radius 1 is 1.38 bits per heavy atom. The zero-order valence-corrected chi connectivity index (χ0v) is 10.8. The van der Waals surface area contributed by atoms with Crippen LogP contribution in [0.15, 0.2) is 12.2 Å². The lowest BCUT2D eigenvalue weighted by atomic mass is 9.96. The van der Waals surface area contributed by atoms with Gasteiger partial charge in [0.2, 0.25) is 0 Å². The molecule has 0 aromatic heterocycles. The third-order valence-corrected chi connectivity index (χ3v) is 2.11. The molecule has 0 radical (unpaired) electrons. The van der Waals surface area contributed by atoms with Crippen molar-refractivity contribution >= 4 is 0 Å². The van der Waals surface area contributed by atoms with Gasteiger partial charge in [0, 0.05) is 7.11 Å². The molecule has 16 heavy (non-hydrogen) atoms. The van der Waals surface area contributed by atoms with Crippen LogP contribution in [0.4, 0.5) is 0 Å². The summed E-state index contributed by atoms with van der Waals surface area (Å²) in [6, 6.07) is 0. The van der Waals surface area contributed by atoms with Crippen LogP contribution in [0.1, 0.15) is 27.2 Å². The molecule has 0 rings (SSSR count). The fourth-order valence-corrected chi connectivity index (χ4v) is 1.16. The molecule has 0 aromatic rings. The quantitative estimate of drug-likeness (QED) is 0.373. The second-order valence-electron chi connectivity index (χ2n) is 4.49. The third-order valence-electron chi connectivity index (χ3n) is 2.11. The van der Waals surface area contributed by atoms with Crippen LogP contribution in [0, 0.1) is 0 Å². The van der Waals surface area contributed by atoms with Gasteiger partial charge in [-0.1, -0.05) is 5.57 Å². The summed E-state index contributed by atoms with van der Waals surface area (Å²) in [4.78, 5) is 0. The summed E-state index contributed by atoms with van der Waals surface area (Å²) in [6.07, 6.45) is 0.324. The van der Waals surface area contributed by atoms with Crippen LogP contribution >= 0.6 is 0 Å². The maximum Gasteiger partial charge on any atom is 0.147 e. The highest BCUT2D eigenvalue weighted by atomic mass is 16.7. The Bertz CT molecular complexity index is 196. The molecule has 0 saturated heterocycles. The van der Waals surface area contributed by atoms with Gasteiger partial charge in [0.15, 0.2) is 0 Å². The Balaban J connectivity index is 3.89. The number of methoxy groups -OCH3 is 1. The van der Waals surface area contributed by atoms with Gasteiger partial charge in [-0.2, -0.15) is 0 Å². The van der Waals surface area contributed by atoms with Gasteiger partial charge in [-0.3, -0.25) is 0 Å². The van der Waals surface area contributed by atoms with Crippen LogP contribution in [-0.2, 0) is 14.2 Å². The molecule has 4 heteroatoms. The lowest BCUT2D eigenvalue weighted by molar-refractivity contribution is -0.153. The summed E-state index contributed by atoms with van der Waals surface area (Å²) >= 11 is 0. The van der Waals surface area contributed by atoms with Crippen molar-refractivity contribution in [3.05, 3.63) is 12.2 Å². The zero-order chi connectivity index (χ0) is 12.6. The van der Waals surface area contributed by atoms with Crippen molar-refractivity contribution in [1.29, 1.82) is 0 Å². The van der Waals surface area contributed by atoms with Gasteiger partial charge in [-0.15, -0.1) is 6.58 Å². The molecule has 1 unspecified atom stereocenters. The topological polar surface area (TPSA) is 47.9 Å². The molecular formula is C12H24O4. The molecule has 1 atom stereocenters. The molecule has 0 aliphatic carbocycles. The largest absolute Gasteiger partial charge is 0.388 e. The van der Waals surface area contributed by atoms with E-state index in [-0.39, 0.29) is 12.9 Å². The number of hydrogen-bond acceptors (Lipinski definition) is 4. The molecule has 0 heterocycles. The van der Waals surface area contributed by atoms with Crippen molar-refractivity contribution in [2.75, 3.05) is 27.1 Å². The van der Waals surface area contributed by atoms with Gasteiger partial charge in [0.05, 0.1) is 24.9 Å². The van der Waals surface area contributed by atoms with Crippen LogP contribution < -0.4 is 0 Å². The van der Waals surface area contributed by atoms with Crippen molar-refractivity contribution in [2.45, 2.75) is 38.9 Å². The van der Waals surface area contributed by atoms with E-state index in [9.17, 15) is 5.11 Å². The fourth-order valence-electron chi connectivity index (χ4n) is 1.16. The first-order valence-corrected chi connectivity index (χ1v) is 5.43. The van der Waals surface area contributed by atoms with Crippen molar-refractivity contribution in [2.24, 2.45) is 0 Å². The molecule has 0 bridgehead atoms. The highest BCUT2D eigenvalue weighted by molar-refractivity contribution is 4.95. The van der Waals surface area contributed by atoms with Gasteiger partial charge >= 0.3 is 0 Å². The van der Waals surface area contributed by atoms with Crippen molar-refractivity contribution in [1.82, 2.24) is 0 Å². The van der Waals surface area contributed by atoms with E-state index in [4.69, 9.17) is 14.2 Å². The Labute approximate surface area is 98.2 Å². The molecule has 0 aliphatic rings. The van der Waals surface area contributed by atoms with E-state index in [0.29, 0.717) is 19.6 Å². The number of rotatable bonds is 9. The Morgan fingerprint density at radius 3 is 2.44 bits per heavy atom. The molecule has 0 amide bonds. The van der Waals surface area contributed by atoms with Crippen LogP contribution in [0.2, 0.25) is 0 Å². The minimum absolute atomic E-state index is 0.158. The Kier molecular flexibility index (Phi) is 7.58. The number of hydrogen-bond donors (Lipinski definition) is 1. The monoisotopic (exact) mass is 232 g/mol. The van der Waals surface area contributed by atoms with E-state index in [0.717, 1.165) is 5.57 Å². The predicted molar refractivity (Wildman–Crippen MR) is 63.3 cm³/mol. The van der Waals surface area contributed by atoms with Crippen LogP contribution in [-0.4, -0.2) is 43.9 Å². The Morgan fingerprint density at radius 2 is 2.00 bits per heavy atom. The van der Waals surface area contributed by atoms with Gasteiger partial charge in [0.1, 0.15) is 6.79 Å². The lowest BCUT2D eigenvalue weighted by Crippen LogP contribution is -2.39. The molecule has 1 N–H and O–H groups in total. The molecule has 0 aliphatic heterocycles. The summed E-state index contributed by atoms with van der Waals surface area (Å²) in [5.41, 5.74) is 0.0767. The van der Waals surface area contributed by atoms with Crippen molar-refractivity contribution < 1.29 is 19.3 Å². The average Bonchev–Trinajstić information content (AvgIpc) is 2.13. The summed E-state index contributed by atoms with van der Waals surface area (Å²) in [7, 11) is 1.62. The minimum atomic E-state index is -0.899. The van der Waals surface area contributed by atoms with Gasteiger partial charge < -0.3 is 19.3 Å². The highest BCUT2D eigenvalue weighted by Crippen LogP contribution is 2.19. The molecular weight excluding hydrogens is 208 g/mol. The van der Waals surface area contributed by atoms with E-state index in [1.54, 1.807) is 21.0 Å². The SMILES string of the molecule is C=C(C)CC(OCOCCOC)C(C)(C)O. The standard InChI is InChI=1S/C12H24O4/c1-10(2)8-11(12(3,4)13)16-9-15-7-6-14-5/h11,13H,1,6-9H2,2-5H3. The van der Waals surface area contributed by atoms with E-state index in [1.165, 1.54) is 0 Å². The molecule has 0 aromatic carbocycles. The first-order valence-electron chi connectivity index (χ1n) is 5.43. The zero-order valence-electron chi connectivity index (χ0n) is 10.8. The summed E-state index contributed by atoms with van der Waals surface area (Å²) in [6.45, 7) is 10.3. The summed E-state index contributed by atoms with van der Waals surface area (Å²) in [5, 5.41) is 9.88. The highest BCUT2D eigenvalue weighted by Gasteiger charge is 2.27. The second kappa shape index (κ2) is 7.79. The average molecular weight is 232 g/mol. The predicted octanol–water partition coefficient (Wildman–Crippen LogP) is 1.73. The maximum absolute atomic E-state index is 9.88. The third kappa shape index (κ3) is 7.82. The summed E-state index contributed by atoms with van der Waals surface area (Å²) in [5.74, 6) is 0. The fraction of sp³-hybridized carbons (Fsp3) is 0.833. The minimum Gasteiger partial charge on any atom is -0.388 e. The molecule has 4 nitrogen and oxygen atoms in total. The lowest BCUT2D eigenvalue weighted by Gasteiger charge is -2.29. The van der Waals surface area contributed by atoms with Crippen LogP contribution in [0.5, 0.6) is 0 Å². The molecule has 96 valence electrons. The molecule has 0 saturated carbocycles. The van der Waals surface area contributed by atoms with Crippen LogP contribution in [0.3, 0.4) is 0 Å². The van der Waals surface area contributed by atoms with Crippen molar-refractivity contribution in [3.63, 3.8) is 0 Å². The van der Waals surface area contributed by atoms with E-state index < -0.39 is 5.60 Å². The second-order valence-corrected chi connectivity index (χ2v) is 4.49. The van der Waals surface area contributed by atoms with E-state index in [2.05, 4.69) is 6.58 Å². The van der Waals surface area contributed by atoms with Crippen LogP contribution in [0.25, 0.3) is 0 Å². The first-order chi connectivity index (χ1) is 7.38. The van der Waals surface area contributed by atoms with Gasteiger partial charge in [-0.25, -0.2) is 0 Å². The van der Waals surface area contributed by atoms with Gasteiger partial charge in [0.25, 0.3) is 0 Å². The van der Waals surface area contributed by atoms with Crippen molar-refractivity contribution in [3.8, 4) is 0 Å². The van der Waals surface area contributed by atoms with E-state index in [1.807, 2.05) is 6.92 Å². The van der Waals surface area contributed by atoms with Gasteiger partial charge in [-0.05, 0) is 27.2 Å². The number of aliphatic hydroxyl groups is 1. The van der Waals surface area contributed by atoms with E-state index >= 15 is 0 Å². The molecule has 0 fully saturated rings. The first kappa shape index (κ1) is 15.6. The summed E-state index contributed by atoms with van der Waals surface area (Å²) < 4.78 is 15.5. The Hall–Kier alpha value is -0.420.